The van der Waals surface area contributed by atoms with Crippen LogP contribution in [0.15, 0.2) is 19.5 Å². The highest BCUT2D eigenvalue weighted by Gasteiger charge is 2.08. The number of rotatable bonds is 11. The van der Waals surface area contributed by atoms with Crippen LogP contribution in [-0.4, -0.2) is 28.8 Å². The van der Waals surface area contributed by atoms with Gasteiger partial charge in [0.2, 0.25) is 0 Å². The predicted octanol–water partition coefficient (Wildman–Crippen LogP) is 6.76. The summed E-state index contributed by atoms with van der Waals surface area (Å²) >= 11 is 9.88. The first-order valence-corrected chi connectivity index (χ1v) is 11.8. The zero-order valence-corrected chi connectivity index (χ0v) is 16.7. The van der Waals surface area contributed by atoms with Gasteiger partial charge < -0.3 is 0 Å². The maximum absolute atomic E-state index is 2.41. The zero-order valence-electron chi connectivity index (χ0n) is 12.7. The summed E-state index contributed by atoms with van der Waals surface area (Å²) in [5, 5.41) is 0. The van der Waals surface area contributed by atoms with E-state index in [-0.39, 0.29) is 0 Å². The Morgan fingerprint density at radius 3 is 1.42 bits per heavy atom. The van der Waals surface area contributed by atoms with E-state index in [1.807, 2.05) is 58.8 Å². The lowest BCUT2D eigenvalue weighted by atomic mass is 10.6. The SMILES string of the molecule is CCSC(=CC(SCC)=C(SCC)SCC)SCC. The molecule has 0 radical (unpaired) electrons. The van der Waals surface area contributed by atoms with E-state index in [1.54, 1.807) is 0 Å². The molecule has 0 atom stereocenters. The summed E-state index contributed by atoms with van der Waals surface area (Å²) in [5.41, 5.74) is 0. The lowest BCUT2D eigenvalue weighted by Crippen LogP contribution is -1.85. The molecule has 5 heteroatoms. The summed E-state index contributed by atoms with van der Waals surface area (Å²) in [6.07, 6.45) is 2.41. The van der Waals surface area contributed by atoms with Gasteiger partial charge in [0.05, 0.1) is 4.24 Å². The molecule has 0 aliphatic rings. The number of allylic oxidation sites excluding steroid dienone is 1. The number of hydrogen-bond donors (Lipinski definition) is 0. The second kappa shape index (κ2) is 14.2. The van der Waals surface area contributed by atoms with E-state index in [0.717, 1.165) is 28.8 Å². The second-order valence-corrected chi connectivity index (χ2v) is 10.3. The molecule has 0 saturated heterocycles. The molecule has 0 bridgehead atoms. The van der Waals surface area contributed by atoms with Crippen molar-refractivity contribution in [1.82, 2.24) is 0 Å². The van der Waals surface area contributed by atoms with Crippen molar-refractivity contribution in [1.29, 1.82) is 0 Å². The molecule has 0 aromatic rings. The molecule has 0 aliphatic carbocycles. The van der Waals surface area contributed by atoms with E-state index in [2.05, 4.69) is 40.7 Å². The molecule has 0 aromatic carbocycles. The molecule has 0 unspecified atom stereocenters. The molecule has 0 heterocycles. The highest BCUT2D eigenvalue weighted by molar-refractivity contribution is 8.23. The maximum Gasteiger partial charge on any atom is 0.0538 e. The largest absolute Gasteiger partial charge is 0.125 e. The van der Waals surface area contributed by atoms with Gasteiger partial charge in [0, 0.05) is 9.14 Å². The normalized spacial score (nSPS) is 10.4. The van der Waals surface area contributed by atoms with Gasteiger partial charge in [-0.2, -0.15) is 0 Å². The van der Waals surface area contributed by atoms with Gasteiger partial charge >= 0.3 is 0 Å². The number of hydrogen-bond acceptors (Lipinski definition) is 5. The van der Waals surface area contributed by atoms with E-state index in [0.29, 0.717) is 0 Å². The standard InChI is InChI=1S/C14H26S5/c1-6-15-12(14(18-9-4)19-10-5)11-13(16-7-2)17-8-3/h11H,6-10H2,1-5H3. The van der Waals surface area contributed by atoms with Gasteiger partial charge in [-0.05, 0) is 34.8 Å². The minimum atomic E-state index is 1.14. The van der Waals surface area contributed by atoms with Crippen molar-refractivity contribution in [3.8, 4) is 0 Å². The first-order chi connectivity index (χ1) is 9.23. The minimum absolute atomic E-state index is 1.14. The third-order valence-electron chi connectivity index (χ3n) is 1.87. The molecule has 0 fully saturated rings. The van der Waals surface area contributed by atoms with Crippen LogP contribution in [0.3, 0.4) is 0 Å². The zero-order chi connectivity index (χ0) is 14.5. The van der Waals surface area contributed by atoms with Gasteiger partial charge in [-0.1, -0.05) is 34.6 Å². The fourth-order valence-corrected chi connectivity index (χ4v) is 6.74. The summed E-state index contributed by atoms with van der Waals surface area (Å²) in [5.74, 6) is 5.76. The van der Waals surface area contributed by atoms with Gasteiger partial charge in [0.25, 0.3) is 0 Å². The lowest BCUT2D eigenvalue weighted by Gasteiger charge is -2.11. The molecule has 112 valence electrons. The van der Waals surface area contributed by atoms with Gasteiger partial charge in [-0.15, -0.1) is 58.8 Å². The molecule has 0 N–H and O–H groups in total. The molecule has 0 aliphatic heterocycles. The average molecular weight is 355 g/mol. The van der Waals surface area contributed by atoms with Gasteiger partial charge in [0.1, 0.15) is 0 Å². The van der Waals surface area contributed by atoms with Crippen LogP contribution in [-0.2, 0) is 0 Å². The Bertz CT molecular complexity index is 268. The van der Waals surface area contributed by atoms with Crippen LogP contribution >= 0.6 is 58.8 Å². The van der Waals surface area contributed by atoms with Crippen molar-refractivity contribution in [2.24, 2.45) is 0 Å². The van der Waals surface area contributed by atoms with Crippen LogP contribution < -0.4 is 0 Å². The molecule has 0 amide bonds. The Hall–Kier alpha value is 1.23. The molecule has 0 nitrogen and oxygen atoms in total. The summed E-state index contributed by atoms with van der Waals surface area (Å²) in [6.45, 7) is 11.2. The van der Waals surface area contributed by atoms with Crippen molar-refractivity contribution in [2.45, 2.75) is 34.6 Å². The average Bonchev–Trinajstić information content (AvgIpc) is 2.38. The van der Waals surface area contributed by atoms with Crippen molar-refractivity contribution >= 4 is 58.8 Å². The van der Waals surface area contributed by atoms with Crippen LogP contribution in [0.4, 0.5) is 0 Å². The molecule has 19 heavy (non-hydrogen) atoms. The molecular formula is C14H26S5. The molecule has 0 rings (SSSR count). The highest BCUT2D eigenvalue weighted by atomic mass is 32.2. The number of thioether (sulfide) groups is 5. The predicted molar refractivity (Wildman–Crippen MR) is 106 cm³/mol. The van der Waals surface area contributed by atoms with Gasteiger partial charge in [0.15, 0.2) is 0 Å². The van der Waals surface area contributed by atoms with E-state index in [1.165, 1.54) is 13.4 Å². The van der Waals surface area contributed by atoms with Crippen LogP contribution in [0.25, 0.3) is 0 Å². The third-order valence-corrected chi connectivity index (χ3v) is 7.39. The third kappa shape index (κ3) is 9.72. The van der Waals surface area contributed by atoms with Crippen LogP contribution in [0, 0.1) is 0 Å². The Morgan fingerprint density at radius 1 is 0.632 bits per heavy atom. The highest BCUT2D eigenvalue weighted by Crippen LogP contribution is 2.40. The summed E-state index contributed by atoms with van der Waals surface area (Å²) < 4.78 is 2.97. The minimum Gasteiger partial charge on any atom is -0.125 e. The second-order valence-electron chi connectivity index (χ2n) is 3.28. The molecule has 0 spiro atoms. The van der Waals surface area contributed by atoms with Crippen molar-refractivity contribution in [3.63, 3.8) is 0 Å². The van der Waals surface area contributed by atoms with Gasteiger partial charge in [-0.25, -0.2) is 0 Å². The Kier molecular flexibility index (Phi) is 15.1. The monoisotopic (exact) mass is 354 g/mol. The first kappa shape index (κ1) is 20.2. The lowest BCUT2D eigenvalue weighted by molar-refractivity contribution is 1.52. The van der Waals surface area contributed by atoms with E-state index < -0.39 is 0 Å². The smallest absolute Gasteiger partial charge is 0.0538 e. The van der Waals surface area contributed by atoms with Crippen LogP contribution in [0.1, 0.15) is 34.6 Å². The van der Waals surface area contributed by atoms with E-state index in [4.69, 9.17) is 0 Å². The molecule has 0 saturated carbocycles. The Labute approximate surface area is 141 Å². The Morgan fingerprint density at radius 2 is 1.05 bits per heavy atom. The van der Waals surface area contributed by atoms with E-state index in [9.17, 15) is 0 Å². The summed E-state index contributed by atoms with van der Waals surface area (Å²) in [4.78, 5) is 1.47. The molecule has 0 aromatic heterocycles. The summed E-state index contributed by atoms with van der Waals surface area (Å²) in [7, 11) is 0. The van der Waals surface area contributed by atoms with E-state index >= 15 is 0 Å². The van der Waals surface area contributed by atoms with Crippen molar-refractivity contribution < 1.29 is 0 Å². The summed E-state index contributed by atoms with van der Waals surface area (Å²) in [6, 6.07) is 0. The Balaban J connectivity index is 5.19. The van der Waals surface area contributed by atoms with Crippen molar-refractivity contribution in [3.05, 3.63) is 19.5 Å². The first-order valence-electron chi connectivity index (χ1n) is 6.83. The van der Waals surface area contributed by atoms with Crippen LogP contribution in [0.5, 0.6) is 0 Å². The topological polar surface area (TPSA) is 0 Å². The fourth-order valence-electron chi connectivity index (χ4n) is 1.28. The fraction of sp³-hybridized carbons (Fsp3) is 0.714. The van der Waals surface area contributed by atoms with Gasteiger partial charge in [-0.3, -0.25) is 0 Å². The quantitative estimate of drug-likeness (QED) is 0.375. The van der Waals surface area contributed by atoms with Crippen molar-refractivity contribution in [2.75, 3.05) is 28.8 Å². The molecular weight excluding hydrogens is 328 g/mol. The van der Waals surface area contributed by atoms with Crippen LogP contribution in [0.2, 0.25) is 0 Å². The maximum atomic E-state index is 2.41.